The van der Waals surface area contributed by atoms with Crippen molar-refractivity contribution in [3.05, 3.63) is 78.1 Å². The first-order chi connectivity index (χ1) is 12.3. The minimum absolute atomic E-state index is 0.234. The average molecular weight is 330 g/mol. The molecule has 0 spiro atoms. The van der Waals surface area contributed by atoms with E-state index < -0.39 is 0 Å². The Hall–Kier alpha value is -3.08. The number of hydrogen-bond donors (Lipinski definition) is 0. The van der Waals surface area contributed by atoms with Gasteiger partial charge < -0.3 is 0 Å². The fraction of sp³-hybridized carbons (Fsp3) is 0.150. The fourth-order valence-corrected chi connectivity index (χ4v) is 3.79. The Labute approximate surface area is 144 Å². The van der Waals surface area contributed by atoms with E-state index in [9.17, 15) is 4.39 Å². The number of halogens is 1. The second-order valence-corrected chi connectivity index (χ2v) is 6.29. The van der Waals surface area contributed by atoms with Crippen LogP contribution in [-0.2, 0) is 6.54 Å². The molecule has 1 atom stereocenters. The molecule has 4 heterocycles. The van der Waals surface area contributed by atoms with Crippen LogP contribution in [0.25, 0.3) is 22.2 Å². The molecule has 0 aliphatic carbocycles. The van der Waals surface area contributed by atoms with Crippen molar-refractivity contribution in [2.45, 2.75) is 18.9 Å². The monoisotopic (exact) mass is 330 g/mol. The fourth-order valence-electron chi connectivity index (χ4n) is 3.79. The second kappa shape index (κ2) is 5.48. The lowest BCUT2D eigenvalue weighted by Gasteiger charge is -2.14. The molecule has 1 aromatic carbocycles. The molecular weight excluding hydrogens is 315 g/mol. The van der Waals surface area contributed by atoms with Gasteiger partial charge in [-0.25, -0.2) is 4.39 Å². The smallest absolute Gasteiger partial charge is 0.141 e. The predicted octanol–water partition coefficient (Wildman–Crippen LogP) is 4.17. The van der Waals surface area contributed by atoms with Gasteiger partial charge in [-0.2, -0.15) is 5.10 Å². The van der Waals surface area contributed by atoms with Crippen molar-refractivity contribution in [3.63, 3.8) is 0 Å². The van der Waals surface area contributed by atoms with Crippen molar-refractivity contribution >= 4 is 10.9 Å². The van der Waals surface area contributed by atoms with Crippen molar-refractivity contribution in [2.24, 2.45) is 0 Å². The molecule has 0 fully saturated rings. The molecule has 5 rings (SSSR count). The third-order valence-corrected chi connectivity index (χ3v) is 4.90. The van der Waals surface area contributed by atoms with Crippen LogP contribution in [0.2, 0.25) is 0 Å². The topological polar surface area (TPSA) is 43.6 Å². The molecule has 1 unspecified atom stereocenters. The van der Waals surface area contributed by atoms with Gasteiger partial charge in [-0.3, -0.25) is 14.6 Å². The molecule has 0 saturated carbocycles. The Morgan fingerprint density at radius 2 is 1.92 bits per heavy atom. The van der Waals surface area contributed by atoms with Crippen molar-refractivity contribution in [2.75, 3.05) is 0 Å². The van der Waals surface area contributed by atoms with E-state index in [1.165, 1.54) is 23.2 Å². The predicted molar refractivity (Wildman–Crippen MR) is 93.6 cm³/mol. The van der Waals surface area contributed by atoms with Crippen LogP contribution in [0.3, 0.4) is 0 Å². The molecule has 3 aromatic heterocycles. The third kappa shape index (κ3) is 2.23. The standard InChI is InChI=1S/C20H15FN4/c21-13-5-6-19(23-11-13)17-12-24-25-10-8-16(20(17)25)14-7-9-22-18-4-2-1-3-15(14)18/h1-7,9,11-12,16H,8,10H2. The van der Waals surface area contributed by atoms with E-state index in [1.54, 1.807) is 6.07 Å². The average Bonchev–Trinajstić information content (AvgIpc) is 3.24. The van der Waals surface area contributed by atoms with Crippen molar-refractivity contribution < 1.29 is 4.39 Å². The van der Waals surface area contributed by atoms with Crippen molar-refractivity contribution in [3.8, 4) is 11.3 Å². The van der Waals surface area contributed by atoms with Gasteiger partial charge in [0.05, 0.1) is 29.3 Å². The minimum Gasteiger partial charge on any atom is -0.268 e. The number of pyridine rings is 2. The highest BCUT2D eigenvalue weighted by Crippen LogP contribution is 2.41. The largest absolute Gasteiger partial charge is 0.268 e. The summed E-state index contributed by atoms with van der Waals surface area (Å²) in [5.41, 5.74) is 5.14. The lowest BCUT2D eigenvalue weighted by Crippen LogP contribution is -2.01. The number of aryl methyl sites for hydroxylation is 1. The van der Waals surface area contributed by atoms with Crippen LogP contribution in [-0.4, -0.2) is 19.7 Å². The highest BCUT2D eigenvalue weighted by Gasteiger charge is 2.30. The summed E-state index contributed by atoms with van der Waals surface area (Å²) in [6, 6.07) is 13.5. The molecule has 0 saturated heterocycles. The number of rotatable bonds is 2. The molecule has 122 valence electrons. The molecule has 25 heavy (non-hydrogen) atoms. The van der Waals surface area contributed by atoms with Crippen LogP contribution in [0.5, 0.6) is 0 Å². The number of para-hydroxylation sites is 1. The first kappa shape index (κ1) is 14.3. The molecule has 4 aromatic rings. The second-order valence-electron chi connectivity index (χ2n) is 6.29. The Balaban J connectivity index is 1.68. The summed E-state index contributed by atoms with van der Waals surface area (Å²) in [4.78, 5) is 8.72. The summed E-state index contributed by atoms with van der Waals surface area (Å²) in [7, 11) is 0. The zero-order chi connectivity index (χ0) is 16.8. The highest BCUT2D eigenvalue weighted by molar-refractivity contribution is 5.83. The Morgan fingerprint density at radius 3 is 2.80 bits per heavy atom. The first-order valence-electron chi connectivity index (χ1n) is 8.32. The number of aromatic nitrogens is 4. The van der Waals surface area contributed by atoms with Crippen LogP contribution in [0.4, 0.5) is 4.39 Å². The van der Waals surface area contributed by atoms with Crippen LogP contribution < -0.4 is 0 Å². The summed E-state index contributed by atoms with van der Waals surface area (Å²) in [6.45, 7) is 0.873. The quantitative estimate of drug-likeness (QED) is 0.554. The maximum absolute atomic E-state index is 13.2. The molecule has 0 bridgehead atoms. The van der Waals surface area contributed by atoms with Gasteiger partial charge >= 0.3 is 0 Å². The van der Waals surface area contributed by atoms with Gasteiger partial charge in [-0.05, 0) is 36.2 Å². The van der Waals surface area contributed by atoms with Gasteiger partial charge in [0.15, 0.2) is 0 Å². The summed E-state index contributed by atoms with van der Waals surface area (Å²) in [6.07, 6.45) is 5.95. The molecule has 1 aliphatic heterocycles. The Morgan fingerprint density at radius 1 is 1.00 bits per heavy atom. The summed E-state index contributed by atoms with van der Waals surface area (Å²) < 4.78 is 15.3. The van der Waals surface area contributed by atoms with E-state index >= 15 is 0 Å². The lowest BCUT2D eigenvalue weighted by molar-refractivity contribution is 0.622. The van der Waals surface area contributed by atoms with Gasteiger partial charge in [0, 0.05) is 29.6 Å². The maximum Gasteiger partial charge on any atom is 0.141 e. The van der Waals surface area contributed by atoms with E-state index in [2.05, 4.69) is 27.2 Å². The Kier molecular flexibility index (Phi) is 3.13. The molecule has 1 aliphatic rings. The number of nitrogens with zero attached hydrogens (tertiary/aromatic N) is 4. The lowest BCUT2D eigenvalue weighted by atomic mass is 9.90. The van der Waals surface area contributed by atoms with E-state index in [0.717, 1.165) is 35.4 Å². The van der Waals surface area contributed by atoms with E-state index in [1.807, 2.05) is 35.3 Å². The van der Waals surface area contributed by atoms with Crippen molar-refractivity contribution in [1.82, 2.24) is 19.7 Å². The van der Waals surface area contributed by atoms with Gasteiger partial charge in [0.25, 0.3) is 0 Å². The molecule has 0 N–H and O–H groups in total. The zero-order valence-corrected chi connectivity index (χ0v) is 13.4. The maximum atomic E-state index is 13.2. The SMILES string of the molecule is Fc1ccc(-c2cnn3c2C(c2ccnc4ccccc24)CC3)nc1. The molecule has 5 heteroatoms. The van der Waals surface area contributed by atoms with E-state index in [-0.39, 0.29) is 11.7 Å². The molecular formula is C20H15FN4. The third-order valence-electron chi connectivity index (χ3n) is 4.90. The number of hydrogen-bond acceptors (Lipinski definition) is 3. The Bertz CT molecular complexity index is 1060. The zero-order valence-electron chi connectivity index (χ0n) is 13.4. The summed E-state index contributed by atoms with van der Waals surface area (Å²) in [5, 5.41) is 5.69. The minimum atomic E-state index is -0.329. The molecule has 0 radical (unpaired) electrons. The van der Waals surface area contributed by atoms with Crippen LogP contribution >= 0.6 is 0 Å². The molecule has 4 nitrogen and oxygen atoms in total. The van der Waals surface area contributed by atoms with Gasteiger partial charge in [-0.1, -0.05) is 18.2 Å². The molecule has 0 amide bonds. The van der Waals surface area contributed by atoms with Crippen LogP contribution in [0.1, 0.15) is 23.6 Å². The van der Waals surface area contributed by atoms with Crippen LogP contribution in [0.15, 0.2) is 61.1 Å². The number of benzene rings is 1. The van der Waals surface area contributed by atoms with Crippen molar-refractivity contribution in [1.29, 1.82) is 0 Å². The summed E-state index contributed by atoms with van der Waals surface area (Å²) >= 11 is 0. The summed E-state index contributed by atoms with van der Waals surface area (Å²) in [5.74, 6) is -0.0958. The van der Waals surface area contributed by atoms with Gasteiger partial charge in [-0.15, -0.1) is 0 Å². The van der Waals surface area contributed by atoms with Gasteiger partial charge in [0.1, 0.15) is 5.82 Å². The van der Waals surface area contributed by atoms with Crippen LogP contribution in [0, 0.1) is 5.82 Å². The van der Waals surface area contributed by atoms with E-state index in [4.69, 9.17) is 0 Å². The van der Waals surface area contributed by atoms with Gasteiger partial charge in [0.2, 0.25) is 0 Å². The normalized spacial score (nSPS) is 16.3. The van der Waals surface area contributed by atoms with E-state index in [0.29, 0.717) is 0 Å². The first-order valence-corrected chi connectivity index (χ1v) is 8.32. The highest BCUT2D eigenvalue weighted by atomic mass is 19.1. The number of fused-ring (bicyclic) bond motifs is 2.